The number of nitrogens with one attached hydrogen (secondary N) is 1. The number of carbonyl (C=O) groups excluding carboxylic acids is 2. The number of rotatable bonds is 8. The van der Waals surface area contributed by atoms with Crippen LogP contribution in [0.4, 0.5) is 15.5 Å². The topological polar surface area (TPSA) is 124 Å². The first-order valence-corrected chi connectivity index (χ1v) is 9.61. The average molecular weight is 411 g/mol. The van der Waals surface area contributed by atoms with E-state index in [1.54, 1.807) is 18.5 Å². The van der Waals surface area contributed by atoms with Crippen molar-refractivity contribution in [2.75, 3.05) is 30.4 Å². The van der Waals surface area contributed by atoms with Gasteiger partial charge in [0.2, 0.25) is 0 Å². The lowest BCUT2D eigenvalue weighted by molar-refractivity contribution is 0.100. The molecule has 0 bridgehead atoms. The van der Waals surface area contributed by atoms with Crippen molar-refractivity contribution >= 4 is 34.0 Å². The molecule has 150 valence electrons. The molecule has 0 aliphatic rings. The molecule has 3 aromatic rings. The molecular weight excluding hydrogens is 390 g/mol. The predicted octanol–water partition coefficient (Wildman–Crippen LogP) is 2.91. The molecule has 1 aromatic carbocycles. The Balaban J connectivity index is 1.77. The second kappa shape index (κ2) is 9.07. The molecule has 0 atom stereocenters. The summed E-state index contributed by atoms with van der Waals surface area (Å²) in [5.74, 6) is 0.0205. The number of anilines is 2. The van der Waals surface area contributed by atoms with Crippen LogP contribution < -0.4 is 26.4 Å². The molecule has 2 heterocycles. The molecule has 5 N–H and O–H groups in total. The third-order valence-electron chi connectivity index (χ3n) is 4.17. The summed E-state index contributed by atoms with van der Waals surface area (Å²) in [6.45, 7) is 1.13. The van der Waals surface area contributed by atoms with E-state index in [4.69, 9.17) is 16.2 Å². The highest BCUT2D eigenvalue weighted by molar-refractivity contribution is 7.20. The molecule has 0 aliphatic carbocycles. The molecule has 0 radical (unpaired) electrons. The number of hydrogen-bond donors (Lipinski definition) is 3. The Morgan fingerprint density at radius 3 is 2.59 bits per heavy atom. The van der Waals surface area contributed by atoms with Crippen molar-refractivity contribution in [2.45, 2.75) is 0 Å². The van der Waals surface area contributed by atoms with Gasteiger partial charge in [-0.15, -0.1) is 11.3 Å². The zero-order valence-corrected chi connectivity index (χ0v) is 16.6. The quantitative estimate of drug-likeness (QED) is 0.526. The van der Waals surface area contributed by atoms with Gasteiger partial charge in [-0.3, -0.25) is 15.1 Å². The minimum absolute atomic E-state index is 0.205. The second-order valence-corrected chi connectivity index (χ2v) is 7.23. The van der Waals surface area contributed by atoms with Gasteiger partial charge in [-0.1, -0.05) is 12.1 Å². The Hall–Kier alpha value is -3.59. The molecule has 0 saturated carbocycles. The molecule has 0 aliphatic heterocycles. The van der Waals surface area contributed by atoms with Gasteiger partial charge in [-0.25, -0.2) is 4.79 Å². The highest BCUT2D eigenvalue weighted by Crippen LogP contribution is 2.39. The van der Waals surface area contributed by atoms with Crippen molar-refractivity contribution in [1.29, 1.82) is 0 Å². The molecule has 8 nitrogen and oxygen atoms in total. The molecule has 2 aromatic heterocycles. The highest BCUT2D eigenvalue weighted by atomic mass is 32.1. The molecule has 0 spiro atoms. The van der Waals surface area contributed by atoms with Gasteiger partial charge >= 0.3 is 6.03 Å². The van der Waals surface area contributed by atoms with Gasteiger partial charge in [0.1, 0.15) is 17.4 Å². The summed E-state index contributed by atoms with van der Waals surface area (Å²) >= 11 is 1.21. The first-order chi connectivity index (χ1) is 14.0. The fourth-order valence-electron chi connectivity index (χ4n) is 2.73. The van der Waals surface area contributed by atoms with Gasteiger partial charge in [0.15, 0.2) is 0 Å². The first-order valence-electron chi connectivity index (χ1n) is 8.79. The molecule has 0 fully saturated rings. The number of nitrogens with two attached hydrogens (primary N) is 2. The number of para-hydroxylation sites is 1. The largest absolute Gasteiger partial charge is 0.491 e. The normalized spacial score (nSPS) is 10.4. The Bertz CT molecular complexity index is 1010. The molecule has 29 heavy (non-hydrogen) atoms. The van der Waals surface area contributed by atoms with E-state index >= 15 is 0 Å². The Morgan fingerprint density at radius 2 is 1.90 bits per heavy atom. The summed E-state index contributed by atoms with van der Waals surface area (Å²) in [4.78, 5) is 29.7. The van der Waals surface area contributed by atoms with Crippen LogP contribution in [0.1, 0.15) is 10.4 Å². The third kappa shape index (κ3) is 5.02. The smallest absolute Gasteiger partial charge is 0.317 e. The highest BCUT2D eigenvalue weighted by Gasteiger charge is 2.18. The van der Waals surface area contributed by atoms with Crippen LogP contribution >= 0.6 is 11.3 Å². The number of primary amides is 2. The minimum Gasteiger partial charge on any atom is -0.491 e. The number of likely N-dealkylation sites (N-methyl/N-ethyl adjacent to an activating group) is 1. The second-order valence-electron chi connectivity index (χ2n) is 6.18. The van der Waals surface area contributed by atoms with Crippen molar-refractivity contribution in [3.8, 4) is 16.2 Å². The van der Waals surface area contributed by atoms with Crippen LogP contribution in [-0.2, 0) is 0 Å². The maximum absolute atomic E-state index is 11.7. The van der Waals surface area contributed by atoms with Gasteiger partial charge in [0, 0.05) is 35.6 Å². The minimum atomic E-state index is -0.760. The summed E-state index contributed by atoms with van der Waals surface area (Å²) < 4.78 is 6.00. The first kappa shape index (κ1) is 20.2. The summed E-state index contributed by atoms with van der Waals surface area (Å²) in [7, 11) is 1.98. The zero-order chi connectivity index (χ0) is 20.8. The van der Waals surface area contributed by atoms with Gasteiger partial charge in [-0.2, -0.15) is 0 Å². The lowest BCUT2D eigenvalue weighted by atomic mass is 10.1. The maximum atomic E-state index is 11.7. The third-order valence-corrected chi connectivity index (χ3v) is 5.26. The summed E-state index contributed by atoms with van der Waals surface area (Å²) in [5.41, 5.74) is 12.7. The number of urea groups is 1. The maximum Gasteiger partial charge on any atom is 0.317 e. The van der Waals surface area contributed by atoms with Crippen LogP contribution in [-0.4, -0.2) is 37.1 Å². The lowest BCUT2D eigenvalue weighted by Gasteiger charge is -2.19. The Morgan fingerprint density at radius 1 is 1.17 bits per heavy atom. The Kier molecular flexibility index (Phi) is 6.30. The van der Waals surface area contributed by atoms with Gasteiger partial charge in [0.25, 0.3) is 5.91 Å². The number of ether oxygens (including phenoxy) is 1. The van der Waals surface area contributed by atoms with Crippen LogP contribution in [0.2, 0.25) is 0 Å². The fourth-order valence-corrected chi connectivity index (χ4v) is 3.82. The molecule has 0 saturated heterocycles. The van der Waals surface area contributed by atoms with E-state index < -0.39 is 11.9 Å². The van der Waals surface area contributed by atoms with Crippen molar-refractivity contribution in [2.24, 2.45) is 11.5 Å². The molecule has 3 rings (SSSR count). The van der Waals surface area contributed by atoms with E-state index in [1.807, 2.05) is 43.4 Å². The fraction of sp³-hybridized carbons (Fsp3) is 0.150. The summed E-state index contributed by atoms with van der Waals surface area (Å²) in [6.07, 6.45) is 3.49. The standard InChI is InChI=1S/C20H21N5O3S/c1-25(13-6-8-23-9-7-13)10-11-28-16-5-3-2-4-14(16)17-12-15(18(21)26)19(29-17)24-20(22)27/h2-9,12H,10-11H2,1H3,(H2,21,26)(H3,22,24,27). The molecule has 3 amide bonds. The number of pyridine rings is 1. The van der Waals surface area contributed by atoms with Crippen molar-refractivity contribution in [3.05, 3.63) is 60.4 Å². The van der Waals surface area contributed by atoms with Gasteiger partial charge < -0.3 is 21.1 Å². The summed E-state index contributed by atoms with van der Waals surface area (Å²) in [6, 6.07) is 12.2. The van der Waals surface area contributed by atoms with Crippen molar-refractivity contribution in [1.82, 2.24) is 4.98 Å². The van der Waals surface area contributed by atoms with Crippen LogP contribution in [0.3, 0.4) is 0 Å². The average Bonchev–Trinajstić information content (AvgIpc) is 3.12. The van der Waals surface area contributed by atoms with Gasteiger partial charge in [0.05, 0.1) is 12.1 Å². The number of thiophene rings is 1. The van der Waals surface area contributed by atoms with E-state index in [0.717, 1.165) is 16.1 Å². The van der Waals surface area contributed by atoms with E-state index in [9.17, 15) is 9.59 Å². The Labute approximate surface area is 172 Å². The molecular formula is C20H21N5O3S. The van der Waals surface area contributed by atoms with Crippen LogP contribution in [0.25, 0.3) is 10.4 Å². The summed E-state index contributed by atoms with van der Waals surface area (Å²) in [5, 5.41) is 2.76. The SMILES string of the molecule is CN(CCOc1ccccc1-c1cc(C(N)=O)c(NC(N)=O)s1)c1ccncc1. The van der Waals surface area contributed by atoms with Crippen LogP contribution in [0, 0.1) is 0 Å². The lowest BCUT2D eigenvalue weighted by Crippen LogP contribution is -2.23. The number of amides is 3. The number of carbonyl (C=O) groups is 2. The van der Waals surface area contributed by atoms with E-state index in [1.165, 1.54) is 11.3 Å². The number of nitrogens with zero attached hydrogens (tertiary/aromatic N) is 2. The van der Waals surface area contributed by atoms with Crippen molar-refractivity contribution < 1.29 is 14.3 Å². The number of hydrogen-bond acceptors (Lipinski definition) is 6. The van der Waals surface area contributed by atoms with E-state index in [2.05, 4.69) is 15.2 Å². The van der Waals surface area contributed by atoms with Crippen LogP contribution in [0.5, 0.6) is 5.75 Å². The molecule has 0 unspecified atom stereocenters. The van der Waals surface area contributed by atoms with Gasteiger partial charge in [-0.05, 0) is 30.3 Å². The zero-order valence-electron chi connectivity index (χ0n) is 15.8. The number of benzene rings is 1. The predicted molar refractivity (Wildman–Crippen MR) is 114 cm³/mol. The molecule has 9 heteroatoms. The van der Waals surface area contributed by atoms with Crippen LogP contribution in [0.15, 0.2) is 54.9 Å². The van der Waals surface area contributed by atoms with Crippen molar-refractivity contribution in [3.63, 3.8) is 0 Å². The van der Waals surface area contributed by atoms with E-state index in [0.29, 0.717) is 23.9 Å². The van der Waals surface area contributed by atoms with E-state index in [-0.39, 0.29) is 5.56 Å². The number of aromatic nitrogens is 1. The monoisotopic (exact) mass is 411 g/mol.